The van der Waals surface area contributed by atoms with Crippen molar-refractivity contribution in [3.05, 3.63) is 35.4 Å². The van der Waals surface area contributed by atoms with Gasteiger partial charge in [-0.25, -0.2) is 0 Å². The van der Waals surface area contributed by atoms with Crippen LogP contribution < -0.4 is 17.0 Å². The topological polar surface area (TPSA) is 37.4 Å². The Morgan fingerprint density at radius 1 is 0.792 bits per heavy atom. The van der Waals surface area contributed by atoms with Crippen LogP contribution in [-0.2, 0) is 0 Å². The van der Waals surface area contributed by atoms with Crippen LogP contribution in [0.3, 0.4) is 0 Å². The highest BCUT2D eigenvalue weighted by molar-refractivity contribution is 6.21. The molecule has 0 aromatic heterocycles. The van der Waals surface area contributed by atoms with E-state index < -0.39 is 0 Å². The van der Waals surface area contributed by atoms with E-state index in [0.717, 1.165) is 17.3 Å². The average Bonchev–Trinajstić information content (AvgIpc) is 2.74. The monoisotopic (exact) mass is 396 g/mol. The molecule has 2 rings (SSSR count). The van der Waals surface area contributed by atoms with Gasteiger partial charge in [0.25, 0.3) is 11.8 Å². The molecule has 24 heavy (non-hydrogen) atoms. The second-order valence-corrected chi connectivity index (χ2v) is 7.44. The molecule has 134 valence electrons. The summed E-state index contributed by atoms with van der Waals surface area (Å²) in [5, 5.41) is 0. The maximum Gasteiger partial charge on any atom is 0.261 e. The minimum absolute atomic E-state index is 0. The van der Waals surface area contributed by atoms with Gasteiger partial charge in [-0.3, -0.25) is 14.5 Å². The highest BCUT2D eigenvalue weighted by Crippen LogP contribution is 2.22. The van der Waals surface area contributed by atoms with Crippen molar-refractivity contribution < 1.29 is 31.1 Å². The van der Waals surface area contributed by atoms with Crippen molar-refractivity contribution in [2.45, 2.75) is 38.5 Å². The molecule has 1 aromatic carbocycles. The molecule has 4 nitrogen and oxygen atoms in total. The standard InChI is InChI=1S/C19H29N2O2.BrH/c1-21(2,3)15-11-7-5-4-6-10-14-20-18(22)16-12-8-9-13-17(16)19(20)23;/h8-9,12-13H,4-7,10-11,14-15H2,1-3H3;1H/q+1;/p-1. The first-order valence-corrected chi connectivity index (χ1v) is 8.66. The third-order valence-electron chi connectivity index (χ3n) is 4.34. The molecule has 1 aliphatic heterocycles. The molecule has 1 heterocycles. The summed E-state index contributed by atoms with van der Waals surface area (Å²) in [6, 6.07) is 7.10. The minimum atomic E-state index is -0.131. The number of rotatable bonds is 9. The molecule has 0 spiro atoms. The third kappa shape index (κ3) is 5.71. The predicted molar refractivity (Wildman–Crippen MR) is 92.4 cm³/mol. The Labute approximate surface area is 156 Å². The summed E-state index contributed by atoms with van der Waals surface area (Å²) in [6.45, 7) is 1.76. The minimum Gasteiger partial charge on any atom is -1.00 e. The number of hydrogen-bond acceptors (Lipinski definition) is 2. The van der Waals surface area contributed by atoms with Crippen LogP contribution in [0.25, 0.3) is 0 Å². The van der Waals surface area contributed by atoms with E-state index in [0.29, 0.717) is 17.7 Å². The van der Waals surface area contributed by atoms with E-state index in [-0.39, 0.29) is 28.8 Å². The zero-order chi connectivity index (χ0) is 16.9. The molecule has 1 aliphatic rings. The first kappa shape index (κ1) is 20.8. The average molecular weight is 397 g/mol. The summed E-state index contributed by atoms with van der Waals surface area (Å²) in [6.07, 6.45) is 6.94. The predicted octanol–water partition coefficient (Wildman–Crippen LogP) is 0.333. The molecule has 0 saturated carbocycles. The molecule has 0 unspecified atom stereocenters. The van der Waals surface area contributed by atoms with Crippen LogP contribution in [0.5, 0.6) is 0 Å². The molecular formula is C19H29BrN2O2. The van der Waals surface area contributed by atoms with Crippen molar-refractivity contribution >= 4 is 11.8 Å². The van der Waals surface area contributed by atoms with Crippen LogP contribution in [0.1, 0.15) is 59.2 Å². The molecule has 5 heteroatoms. The van der Waals surface area contributed by atoms with Crippen LogP contribution in [0.4, 0.5) is 0 Å². The number of nitrogens with zero attached hydrogens (tertiary/aromatic N) is 2. The van der Waals surface area contributed by atoms with Crippen LogP contribution in [-0.4, -0.2) is 55.4 Å². The fourth-order valence-electron chi connectivity index (χ4n) is 3.01. The van der Waals surface area contributed by atoms with Crippen molar-refractivity contribution in [3.63, 3.8) is 0 Å². The van der Waals surface area contributed by atoms with Gasteiger partial charge < -0.3 is 21.5 Å². The second kappa shape index (κ2) is 9.33. The molecule has 0 atom stereocenters. The molecule has 0 aliphatic carbocycles. The smallest absolute Gasteiger partial charge is 0.261 e. The number of amides is 2. The zero-order valence-electron chi connectivity index (χ0n) is 15.1. The molecule has 2 amide bonds. The van der Waals surface area contributed by atoms with Gasteiger partial charge in [-0.05, 0) is 31.4 Å². The summed E-state index contributed by atoms with van der Waals surface area (Å²) >= 11 is 0. The molecule has 1 aromatic rings. The van der Waals surface area contributed by atoms with Crippen LogP contribution in [0.15, 0.2) is 24.3 Å². The van der Waals surface area contributed by atoms with E-state index in [2.05, 4.69) is 21.1 Å². The largest absolute Gasteiger partial charge is 1.00 e. The first-order valence-electron chi connectivity index (χ1n) is 8.66. The van der Waals surface area contributed by atoms with Crippen LogP contribution >= 0.6 is 0 Å². The van der Waals surface area contributed by atoms with Crippen molar-refractivity contribution in [1.29, 1.82) is 0 Å². The number of fused-ring (bicyclic) bond motifs is 1. The Kier molecular flexibility index (Phi) is 8.10. The van der Waals surface area contributed by atoms with Gasteiger partial charge in [0, 0.05) is 6.54 Å². The lowest BCUT2D eigenvalue weighted by Crippen LogP contribution is -3.00. The van der Waals surface area contributed by atoms with E-state index in [9.17, 15) is 9.59 Å². The SMILES string of the molecule is C[N+](C)(C)CCCCCCCCN1C(=O)c2ccccc2C1=O.[Br-]. The zero-order valence-corrected chi connectivity index (χ0v) is 16.6. The summed E-state index contributed by atoms with van der Waals surface area (Å²) in [5.41, 5.74) is 1.11. The van der Waals surface area contributed by atoms with E-state index in [1.54, 1.807) is 12.1 Å². The van der Waals surface area contributed by atoms with Gasteiger partial charge in [-0.15, -0.1) is 0 Å². The first-order chi connectivity index (χ1) is 10.9. The Hall–Kier alpha value is -1.20. The van der Waals surface area contributed by atoms with Gasteiger partial charge in [0.15, 0.2) is 0 Å². The van der Waals surface area contributed by atoms with Crippen LogP contribution in [0, 0.1) is 0 Å². The van der Waals surface area contributed by atoms with Crippen LogP contribution in [0.2, 0.25) is 0 Å². The summed E-state index contributed by atoms with van der Waals surface area (Å²) in [5.74, 6) is -0.262. The van der Waals surface area contributed by atoms with Crippen molar-refractivity contribution in [3.8, 4) is 0 Å². The third-order valence-corrected chi connectivity index (χ3v) is 4.34. The van der Waals surface area contributed by atoms with Gasteiger partial charge in [-0.2, -0.15) is 0 Å². The number of halogens is 1. The van der Waals surface area contributed by atoms with Gasteiger partial charge in [0.05, 0.1) is 38.8 Å². The fraction of sp³-hybridized carbons (Fsp3) is 0.579. The lowest BCUT2D eigenvalue weighted by molar-refractivity contribution is -0.870. The number of unbranched alkanes of at least 4 members (excludes halogenated alkanes) is 5. The van der Waals surface area contributed by atoms with E-state index >= 15 is 0 Å². The van der Waals surface area contributed by atoms with Gasteiger partial charge in [0.1, 0.15) is 0 Å². The number of carbonyl (C=O) groups is 2. The van der Waals surface area contributed by atoms with Crippen molar-refractivity contribution in [2.24, 2.45) is 0 Å². The molecule has 0 radical (unpaired) electrons. The molecule has 0 bridgehead atoms. The van der Waals surface area contributed by atoms with Crippen molar-refractivity contribution in [1.82, 2.24) is 4.90 Å². The summed E-state index contributed by atoms with van der Waals surface area (Å²) in [7, 11) is 6.67. The normalized spacial score (nSPS) is 13.9. The van der Waals surface area contributed by atoms with Gasteiger partial charge in [0.2, 0.25) is 0 Å². The molecule has 0 fully saturated rings. The Balaban J connectivity index is 0.00000288. The number of quaternary nitrogens is 1. The fourth-order valence-corrected chi connectivity index (χ4v) is 3.01. The lowest BCUT2D eigenvalue weighted by Gasteiger charge is -2.23. The van der Waals surface area contributed by atoms with E-state index in [1.165, 1.54) is 37.1 Å². The molecule has 0 saturated heterocycles. The van der Waals surface area contributed by atoms with Crippen molar-refractivity contribution in [2.75, 3.05) is 34.2 Å². The highest BCUT2D eigenvalue weighted by Gasteiger charge is 2.34. The summed E-state index contributed by atoms with van der Waals surface area (Å²) < 4.78 is 1.03. The van der Waals surface area contributed by atoms with E-state index in [1.807, 2.05) is 12.1 Å². The number of hydrogen-bond donors (Lipinski definition) is 0. The maximum atomic E-state index is 12.2. The molecular weight excluding hydrogens is 368 g/mol. The Morgan fingerprint density at radius 3 is 1.75 bits per heavy atom. The quantitative estimate of drug-likeness (QED) is 0.342. The Morgan fingerprint density at radius 2 is 1.25 bits per heavy atom. The second-order valence-electron chi connectivity index (χ2n) is 7.44. The maximum absolute atomic E-state index is 12.2. The Bertz CT molecular complexity index is 532. The number of carbonyl (C=O) groups excluding carboxylic acids is 2. The van der Waals surface area contributed by atoms with E-state index in [4.69, 9.17) is 0 Å². The summed E-state index contributed by atoms with van der Waals surface area (Å²) in [4.78, 5) is 25.8. The lowest BCUT2D eigenvalue weighted by atomic mass is 10.1. The number of benzene rings is 1. The van der Waals surface area contributed by atoms with Gasteiger partial charge in [-0.1, -0.05) is 31.4 Å². The van der Waals surface area contributed by atoms with Gasteiger partial charge >= 0.3 is 0 Å². The molecule has 0 N–H and O–H groups in total. The highest BCUT2D eigenvalue weighted by atomic mass is 79.9. The number of imide groups is 1.